The van der Waals surface area contributed by atoms with Crippen LogP contribution in [0.2, 0.25) is 0 Å². The number of ketones is 1. The molecule has 1 aliphatic rings. The minimum atomic E-state index is -0.993. The van der Waals surface area contributed by atoms with E-state index in [0.717, 1.165) is 5.56 Å². The average molecular weight is 428 g/mol. The Morgan fingerprint density at radius 1 is 1.14 bits per heavy atom. The number of carbonyl (C=O) groups excluding carboxylic acids is 1. The van der Waals surface area contributed by atoms with Gasteiger partial charge >= 0.3 is 0 Å². The Hall–Kier alpha value is -1.53. The van der Waals surface area contributed by atoms with Gasteiger partial charge in [-0.2, -0.15) is 0 Å². The third-order valence-corrected chi connectivity index (χ3v) is 5.27. The van der Waals surface area contributed by atoms with Crippen LogP contribution in [0.25, 0.3) is 0 Å². The Balaban J connectivity index is 2.14. The highest BCUT2D eigenvalue weighted by atomic mass is 79.9. The molecule has 2 atom stereocenters. The third-order valence-electron chi connectivity index (χ3n) is 3.69. The predicted octanol–water partition coefficient (Wildman–Crippen LogP) is 4.33. The summed E-state index contributed by atoms with van der Waals surface area (Å²) in [5.74, 6) is 0.358. The molecule has 0 spiro atoms. The van der Waals surface area contributed by atoms with Gasteiger partial charge in [0.05, 0.1) is 10.0 Å². The molecule has 3 rings (SSSR count). The number of aromatic hydroxyl groups is 2. The van der Waals surface area contributed by atoms with Crippen molar-refractivity contribution < 1.29 is 19.7 Å². The second-order valence-electron chi connectivity index (χ2n) is 5.27. The van der Waals surface area contributed by atoms with Gasteiger partial charge in [-0.3, -0.25) is 4.79 Å². The van der Waals surface area contributed by atoms with Crippen LogP contribution in [0.3, 0.4) is 0 Å². The summed E-state index contributed by atoms with van der Waals surface area (Å²) in [7, 11) is 0. The summed E-state index contributed by atoms with van der Waals surface area (Å²) in [4.78, 5) is 12.8. The van der Waals surface area contributed by atoms with Gasteiger partial charge in [0.2, 0.25) is 0 Å². The van der Waals surface area contributed by atoms with Crippen molar-refractivity contribution in [3.63, 3.8) is 0 Å². The fourth-order valence-corrected chi connectivity index (χ4v) is 3.55. The zero-order chi connectivity index (χ0) is 16.1. The van der Waals surface area contributed by atoms with Gasteiger partial charge in [-0.05, 0) is 52.7 Å². The second-order valence-corrected chi connectivity index (χ2v) is 7.71. The SMILES string of the molecule is CC1(Br)C(=O)c2c(ccc(O)c2Br)OC1c1ccc(O)cc1. The highest BCUT2D eigenvalue weighted by molar-refractivity contribution is 9.11. The molecular formula is C16H12Br2O4. The lowest BCUT2D eigenvalue weighted by Gasteiger charge is -2.37. The largest absolute Gasteiger partial charge is 0.508 e. The summed E-state index contributed by atoms with van der Waals surface area (Å²) in [6.07, 6.45) is -0.551. The zero-order valence-corrected chi connectivity index (χ0v) is 14.7. The molecule has 1 aliphatic heterocycles. The van der Waals surface area contributed by atoms with E-state index >= 15 is 0 Å². The van der Waals surface area contributed by atoms with Crippen LogP contribution in [0.5, 0.6) is 17.2 Å². The van der Waals surface area contributed by atoms with Crippen molar-refractivity contribution in [1.29, 1.82) is 0 Å². The maximum Gasteiger partial charge on any atom is 0.188 e. The van der Waals surface area contributed by atoms with Gasteiger partial charge in [0, 0.05) is 0 Å². The van der Waals surface area contributed by atoms with E-state index in [0.29, 0.717) is 15.8 Å². The number of Topliss-reactive ketones (excluding diaryl/α,β-unsaturated/α-hetero) is 1. The van der Waals surface area contributed by atoms with Crippen LogP contribution in [0.1, 0.15) is 28.9 Å². The van der Waals surface area contributed by atoms with Gasteiger partial charge in [-0.25, -0.2) is 0 Å². The van der Waals surface area contributed by atoms with Crippen LogP contribution in [0.15, 0.2) is 40.9 Å². The standard InChI is InChI=1S/C16H12Br2O4/c1-16(18)14(21)12-11(7-6-10(20)13(12)17)22-15(16)8-2-4-9(19)5-3-8/h2-7,15,19-20H,1H3. The quantitative estimate of drug-likeness (QED) is 0.664. The van der Waals surface area contributed by atoms with E-state index in [-0.39, 0.29) is 17.3 Å². The van der Waals surface area contributed by atoms with Gasteiger partial charge in [0.1, 0.15) is 27.7 Å². The van der Waals surface area contributed by atoms with Gasteiger partial charge in [0.25, 0.3) is 0 Å². The number of halogens is 2. The molecule has 2 aromatic carbocycles. The summed E-state index contributed by atoms with van der Waals surface area (Å²) >= 11 is 6.71. The number of hydrogen-bond acceptors (Lipinski definition) is 4. The smallest absolute Gasteiger partial charge is 0.188 e. The van der Waals surface area contributed by atoms with Crippen LogP contribution in [-0.4, -0.2) is 20.3 Å². The maximum absolute atomic E-state index is 12.8. The van der Waals surface area contributed by atoms with Crippen molar-refractivity contribution in [1.82, 2.24) is 0 Å². The molecule has 0 radical (unpaired) electrons. The number of fused-ring (bicyclic) bond motifs is 1. The number of carbonyl (C=O) groups is 1. The summed E-state index contributed by atoms with van der Waals surface area (Å²) in [6.45, 7) is 1.73. The summed E-state index contributed by atoms with van der Waals surface area (Å²) in [6, 6.07) is 9.58. The number of phenols is 2. The highest BCUT2D eigenvalue weighted by Gasteiger charge is 2.48. The van der Waals surface area contributed by atoms with E-state index in [1.54, 1.807) is 37.3 Å². The minimum absolute atomic E-state index is 0.0120. The van der Waals surface area contributed by atoms with E-state index in [1.807, 2.05) is 0 Å². The minimum Gasteiger partial charge on any atom is -0.508 e. The van der Waals surface area contributed by atoms with Crippen molar-refractivity contribution >= 4 is 37.6 Å². The van der Waals surface area contributed by atoms with Crippen LogP contribution in [0.4, 0.5) is 0 Å². The van der Waals surface area contributed by atoms with Crippen LogP contribution in [0, 0.1) is 0 Å². The normalized spacial score (nSPS) is 23.8. The first kappa shape index (κ1) is 15.4. The number of rotatable bonds is 1. The third kappa shape index (κ3) is 2.30. The average Bonchev–Trinajstić information content (AvgIpc) is 2.47. The molecule has 0 aromatic heterocycles. The molecule has 0 amide bonds. The number of alkyl halides is 1. The monoisotopic (exact) mass is 426 g/mol. The molecule has 2 N–H and O–H groups in total. The van der Waals surface area contributed by atoms with E-state index in [4.69, 9.17) is 4.74 Å². The van der Waals surface area contributed by atoms with Crippen molar-refractivity contribution in [2.45, 2.75) is 17.4 Å². The Labute approximate surface area is 144 Å². The second kappa shape index (κ2) is 5.28. The Kier molecular flexibility index (Phi) is 3.69. The van der Waals surface area contributed by atoms with Gasteiger partial charge < -0.3 is 14.9 Å². The molecule has 0 saturated heterocycles. The van der Waals surface area contributed by atoms with Gasteiger partial charge in [0.15, 0.2) is 5.78 Å². The van der Waals surface area contributed by atoms with E-state index in [2.05, 4.69) is 31.9 Å². The highest BCUT2D eigenvalue weighted by Crippen LogP contribution is 2.49. The number of phenolic OH excluding ortho intramolecular Hbond substituents is 2. The molecule has 1 heterocycles. The molecule has 22 heavy (non-hydrogen) atoms. The number of benzene rings is 2. The first-order valence-corrected chi connectivity index (χ1v) is 8.11. The van der Waals surface area contributed by atoms with Crippen LogP contribution >= 0.6 is 31.9 Å². The van der Waals surface area contributed by atoms with Crippen molar-refractivity contribution in [2.75, 3.05) is 0 Å². The van der Waals surface area contributed by atoms with Crippen molar-refractivity contribution in [3.8, 4) is 17.2 Å². The summed E-state index contributed by atoms with van der Waals surface area (Å²) in [5.41, 5.74) is 1.08. The molecule has 0 bridgehead atoms. The number of hydrogen-bond donors (Lipinski definition) is 2. The zero-order valence-electron chi connectivity index (χ0n) is 11.5. The van der Waals surface area contributed by atoms with Gasteiger partial charge in [-0.15, -0.1) is 0 Å². The molecule has 2 aromatic rings. The first-order valence-electron chi connectivity index (χ1n) is 6.53. The fraction of sp³-hybridized carbons (Fsp3) is 0.188. The molecule has 4 nitrogen and oxygen atoms in total. The van der Waals surface area contributed by atoms with Gasteiger partial charge in [-0.1, -0.05) is 28.1 Å². The lowest BCUT2D eigenvalue weighted by Crippen LogP contribution is -2.42. The van der Waals surface area contributed by atoms with Crippen LogP contribution in [-0.2, 0) is 0 Å². The Morgan fingerprint density at radius 3 is 2.41 bits per heavy atom. The van der Waals surface area contributed by atoms with Crippen molar-refractivity contribution in [3.05, 3.63) is 52.0 Å². The van der Waals surface area contributed by atoms with Crippen molar-refractivity contribution in [2.24, 2.45) is 0 Å². The van der Waals surface area contributed by atoms with E-state index < -0.39 is 10.4 Å². The molecule has 0 fully saturated rings. The molecular weight excluding hydrogens is 416 g/mol. The Morgan fingerprint density at radius 2 is 1.77 bits per heavy atom. The number of ether oxygens (including phenoxy) is 1. The van der Waals surface area contributed by atoms with E-state index in [1.165, 1.54) is 6.07 Å². The lowest BCUT2D eigenvalue weighted by molar-refractivity contribution is 0.0764. The molecule has 0 saturated carbocycles. The molecule has 2 unspecified atom stereocenters. The molecule has 6 heteroatoms. The fourth-order valence-electron chi connectivity index (χ4n) is 2.49. The van der Waals surface area contributed by atoms with E-state index in [9.17, 15) is 15.0 Å². The molecule has 114 valence electrons. The summed E-state index contributed by atoms with van der Waals surface area (Å²) < 4.78 is 5.32. The summed E-state index contributed by atoms with van der Waals surface area (Å²) in [5, 5.41) is 19.2. The predicted molar refractivity (Wildman–Crippen MR) is 88.9 cm³/mol. The molecule has 0 aliphatic carbocycles. The maximum atomic E-state index is 12.8. The topological polar surface area (TPSA) is 66.8 Å². The van der Waals surface area contributed by atoms with Crippen LogP contribution < -0.4 is 4.74 Å². The first-order chi connectivity index (χ1) is 10.3. The Bertz CT molecular complexity index is 753. The lowest BCUT2D eigenvalue weighted by atomic mass is 9.86.